The van der Waals surface area contributed by atoms with Crippen LogP contribution in [0.3, 0.4) is 0 Å². The molecule has 6 heteroatoms. The minimum atomic E-state index is 0.439. The topological polar surface area (TPSA) is 39.1 Å². The first kappa shape index (κ1) is 17.6. The van der Waals surface area contributed by atoms with E-state index in [9.17, 15) is 0 Å². The zero-order chi connectivity index (χ0) is 19.0. The summed E-state index contributed by atoms with van der Waals surface area (Å²) in [5.41, 5.74) is 4.99. The van der Waals surface area contributed by atoms with Crippen LogP contribution in [-0.2, 0) is 11.8 Å². The van der Waals surface area contributed by atoms with E-state index < -0.39 is 0 Å². The third-order valence-corrected chi connectivity index (χ3v) is 5.56. The predicted octanol–water partition coefficient (Wildman–Crippen LogP) is 4.20. The summed E-state index contributed by atoms with van der Waals surface area (Å²) >= 11 is 0. The first-order valence-corrected chi connectivity index (χ1v) is 9.50. The number of hydrogen-bond donors (Lipinski definition) is 0. The van der Waals surface area contributed by atoms with Crippen LogP contribution in [0, 0.1) is 13.5 Å². The van der Waals surface area contributed by atoms with Gasteiger partial charge in [-0.3, -0.25) is 4.68 Å². The summed E-state index contributed by atoms with van der Waals surface area (Å²) in [7, 11) is 1.95. The Morgan fingerprint density at radius 1 is 1.33 bits per heavy atom. The summed E-state index contributed by atoms with van der Waals surface area (Å²) in [6, 6.07) is 6.59. The van der Waals surface area contributed by atoms with E-state index in [1.165, 1.54) is 0 Å². The molecular formula is C21H25N5O. The molecule has 4 rings (SSSR count). The second-order valence-electron chi connectivity index (χ2n) is 7.08. The lowest BCUT2D eigenvalue weighted by molar-refractivity contribution is 0.0844. The fourth-order valence-electron chi connectivity index (χ4n) is 4.16. The van der Waals surface area contributed by atoms with Crippen LogP contribution in [-0.4, -0.2) is 40.0 Å². The van der Waals surface area contributed by atoms with Crippen molar-refractivity contribution < 1.29 is 4.74 Å². The van der Waals surface area contributed by atoms with Crippen LogP contribution in [0.1, 0.15) is 25.3 Å². The van der Waals surface area contributed by atoms with Crippen molar-refractivity contribution in [2.75, 3.05) is 24.7 Å². The molecule has 0 aromatic carbocycles. The summed E-state index contributed by atoms with van der Waals surface area (Å²) in [4.78, 5) is 6.25. The van der Waals surface area contributed by atoms with Crippen LogP contribution < -0.4 is 4.90 Å². The molecule has 6 nitrogen and oxygen atoms in total. The van der Waals surface area contributed by atoms with Gasteiger partial charge in [0.25, 0.3) is 0 Å². The molecule has 3 aromatic rings. The van der Waals surface area contributed by atoms with E-state index in [0.29, 0.717) is 6.04 Å². The molecular weight excluding hydrogens is 338 g/mol. The number of anilines is 1. The number of ether oxygens (including phenoxy) is 1. The minimum absolute atomic E-state index is 0.439. The lowest BCUT2D eigenvalue weighted by Gasteiger charge is -2.37. The summed E-state index contributed by atoms with van der Waals surface area (Å²) in [5, 5.41) is 4.30. The monoisotopic (exact) mass is 363 g/mol. The van der Waals surface area contributed by atoms with Crippen molar-refractivity contribution in [3.8, 4) is 11.3 Å². The third-order valence-electron chi connectivity index (χ3n) is 5.56. The van der Waals surface area contributed by atoms with Crippen LogP contribution >= 0.6 is 0 Å². The van der Waals surface area contributed by atoms with Crippen molar-refractivity contribution in [1.82, 2.24) is 14.2 Å². The lowest BCUT2D eigenvalue weighted by atomic mass is 10.1. The van der Waals surface area contributed by atoms with Gasteiger partial charge in [0.05, 0.1) is 12.3 Å². The van der Waals surface area contributed by atoms with Gasteiger partial charge < -0.3 is 14.0 Å². The maximum atomic E-state index is 7.64. The zero-order valence-corrected chi connectivity index (χ0v) is 16.1. The van der Waals surface area contributed by atoms with Crippen molar-refractivity contribution in [2.24, 2.45) is 7.05 Å². The molecule has 1 fully saturated rings. The lowest BCUT2D eigenvalue weighted by Crippen LogP contribution is -2.40. The Balaban J connectivity index is 1.91. The van der Waals surface area contributed by atoms with Crippen molar-refractivity contribution in [2.45, 2.75) is 32.7 Å². The molecule has 0 spiro atoms. The number of aromatic nitrogens is 3. The number of fused-ring (bicyclic) bond motifs is 1. The molecule has 0 unspecified atom stereocenters. The van der Waals surface area contributed by atoms with Gasteiger partial charge in [0, 0.05) is 56.3 Å². The van der Waals surface area contributed by atoms with Crippen LogP contribution in [0.25, 0.3) is 21.6 Å². The molecule has 1 aliphatic heterocycles. The Kier molecular flexibility index (Phi) is 4.63. The van der Waals surface area contributed by atoms with Gasteiger partial charge in [-0.05, 0) is 50.5 Å². The van der Waals surface area contributed by atoms with Gasteiger partial charge in [-0.25, -0.2) is 4.85 Å². The van der Waals surface area contributed by atoms with Crippen molar-refractivity contribution in [1.29, 1.82) is 0 Å². The first-order valence-electron chi connectivity index (χ1n) is 9.50. The Labute approximate surface area is 159 Å². The van der Waals surface area contributed by atoms with Gasteiger partial charge in [0.2, 0.25) is 0 Å². The Hall–Kier alpha value is -2.78. The summed E-state index contributed by atoms with van der Waals surface area (Å²) in [6.45, 7) is 14.4. The average molecular weight is 363 g/mol. The van der Waals surface area contributed by atoms with Crippen LogP contribution in [0.2, 0.25) is 0 Å². The number of pyridine rings is 1. The van der Waals surface area contributed by atoms with E-state index in [0.717, 1.165) is 66.4 Å². The maximum Gasteiger partial charge on any atom is 0.195 e. The molecule has 1 aliphatic rings. The second-order valence-corrected chi connectivity index (χ2v) is 7.08. The molecule has 0 N–H and O–H groups in total. The molecule has 140 valence electrons. The standard InChI is InChI=1S/C21H25N5O/c1-5-25(17-7-10-27-11-8-17)21-15(2)19(22-3)13-18-12-16(14-26(18)21)20-6-9-23-24(20)4/h6,9,12-14,17H,5,7-8,10-11H2,1-2,4H3. The van der Waals surface area contributed by atoms with Gasteiger partial charge in [0.15, 0.2) is 5.69 Å². The van der Waals surface area contributed by atoms with E-state index in [1.54, 1.807) is 0 Å². The molecule has 4 heterocycles. The highest BCUT2D eigenvalue weighted by atomic mass is 16.5. The molecule has 3 aromatic heterocycles. The van der Waals surface area contributed by atoms with Crippen molar-refractivity contribution >= 4 is 17.0 Å². The summed E-state index contributed by atoms with van der Waals surface area (Å²) in [5.74, 6) is 1.13. The molecule has 0 bridgehead atoms. The van der Waals surface area contributed by atoms with Crippen LogP contribution in [0.4, 0.5) is 11.5 Å². The second kappa shape index (κ2) is 7.09. The highest BCUT2D eigenvalue weighted by molar-refractivity contribution is 5.78. The Morgan fingerprint density at radius 2 is 2.11 bits per heavy atom. The summed E-state index contributed by atoms with van der Waals surface area (Å²) < 4.78 is 9.69. The van der Waals surface area contributed by atoms with Gasteiger partial charge in [-0.1, -0.05) is 0 Å². The smallest absolute Gasteiger partial charge is 0.195 e. The van der Waals surface area contributed by atoms with Crippen LogP contribution in [0.5, 0.6) is 0 Å². The zero-order valence-electron chi connectivity index (χ0n) is 16.1. The average Bonchev–Trinajstić information content (AvgIpc) is 3.30. The van der Waals surface area contributed by atoms with Gasteiger partial charge >= 0.3 is 0 Å². The quantitative estimate of drug-likeness (QED) is 0.652. The van der Waals surface area contributed by atoms with Crippen molar-refractivity contribution in [3.63, 3.8) is 0 Å². The van der Waals surface area contributed by atoms with E-state index in [1.807, 2.05) is 30.1 Å². The highest BCUT2D eigenvalue weighted by Crippen LogP contribution is 2.36. The largest absolute Gasteiger partial charge is 0.381 e. The molecule has 0 amide bonds. The highest BCUT2D eigenvalue weighted by Gasteiger charge is 2.25. The van der Waals surface area contributed by atoms with E-state index in [4.69, 9.17) is 11.3 Å². The third kappa shape index (κ3) is 2.98. The molecule has 1 saturated heterocycles. The molecule has 0 radical (unpaired) electrons. The minimum Gasteiger partial charge on any atom is -0.381 e. The first-order chi connectivity index (χ1) is 13.1. The SMILES string of the molecule is [C-]#[N+]c1cc2cc(-c3ccnn3C)cn2c(N(CC)C2CCOCC2)c1C. The number of aryl methyl sites for hydroxylation is 1. The fourth-order valence-corrected chi connectivity index (χ4v) is 4.16. The van der Waals surface area contributed by atoms with E-state index >= 15 is 0 Å². The number of hydrogen-bond acceptors (Lipinski definition) is 3. The fraction of sp³-hybridized carbons (Fsp3) is 0.429. The molecule has 27 heavy (non-hydrogen) atoms. The van der Waals surface area contributed by atoms with Crippen LogP contribution in [0.15, 0.2) is 30.6 Å². The van der Waals surface area contributed by atoms with E-state index in [2.05, 4.69) is 45.4 Å². The maximum absolute atomic E-state index is 7.64. The van der Waals surface area contributed by atoms with E-state index in [-0.39, 0.29) is 0 Å². The van der Waals surface area contributed by atoms with Gasteiger partial charge in [-0.15, -0.1) is 0 Å². The Bertz CT molecular complexity index is 1000. The number of nitrogens with zero attached hydrogens (tertiary/aromatic N) is 5. The van der Waals surface area contributed by atoms with Gasteiger partial charge in [-0.2, -0.15) is 5.10 Å². The van der Waals surface area contributed by atoms with Crippen molar-refractivity contribution in [3.05, 3.63) is 47.6 Å². The molecule has 0 saturated carbocycles. The molecule has 0 aliphatic carbocycles. The predicted molar refractivity (Wildman–Crippen MR) is 107 cm³/mol. The normalized spacial score (nSPS) is 15.2. The Morgan fingerprint density at radius 3 is 2.74 bits per heavy atom. The number of rotatable bonds is 4. The van der Waals surface area contributed by atoms with Gasteiger partial charge in [0.1, 0.15) is 5.82 Å². The molecule has 0 atom stereocenters. The summed E-state index contributed by atoms with van der Waals surface area (Å²) in [6.07, 6.45) is 6.03.